The largest absolute Gasteiger partial charge is 0.478 e. The fourth-order valence-electron chi connectivity index (χ4n) is 1.19. The number of aliphatic carboxylic acids is 1. The maximum absolute atomic E-state index is 10.7. The van der Waals surface area contributed by atoms with E-state index in [1.165, 1.54) is 23.5 Å². The van der Waals surface area contributed by atoms with Crippen LogP contribution in [0, 0.1) is 0 Å². The summed E-state index contributed by atoms with van der Waals surface area (Å²) in [7, 11) is 0. The van der Waals surface area contributed by atoms with E-state index in [4.69, 9.17) is 5.11 Å². The minimum atomic E-state index is -1.21. The van der Waals surface area contributed by atoms with Crippen LogP contribution in [0.4, 0.5) is 0 Å². The zero-order chi connectivity index (χ0) is 10.1. The first-order valence-corrected chi connectivity index (χ1v) is 3.87. The number of hydrogen-bond donors (Lipinski definition) is 2. The van der Waals surface area contributed by atoms with Crippen LogP contribution < -0.4 is 0 Å². The van der Waals surface area contributed by atoms with Crippen molar-refractivity contribution in [3.63, 3.8) is 0 Å². The molecule has 1 atom stereocenters. The highest BCUT2D eigenvalue weighted by molar-refractivity contribution is 6.31. The summed E-state index contributed by atoms with van der Waals surface area (Å²) >= 11 is 0. The second-order valence-electron chi connectivity index (χ2n) is 2.73. The zero-order valence-electron chi connectivity index (χ0n) is 7.03. The van der Waals surface area contributed by atoms with Crippen molar-refractivity contribution < 1.29 is 15.0 Å². The Hall–Kier alpha value is -1.95. The van der Waals surface area contributed by atoms with E-state index in [-0.39, 0.29) is 5.57 Å². The van der Waals surface area contributed by atoms with Gasteiger partial charge in [-0.1, -0.05) is 0 Å². The summed E-state index contributed by atoms with van der Waals surface area (Å²) in [5.41, 5.74) is -0.159. The molecule has 0 spiro atoms. The lowest BCUT2D eigenvalue weighted by atomic mass is 10.2. The molecule has 0 amide bonds. The number of hydrogen-bond acceptors (Lipinski definition) is 5. The number of rotatable bonds is 1. The molecule has 0 aromatic rings. The molecule has 0 fully saturated rings. The van der Waals surface area contributed by atoms with Gasteiger partial charge < -0.3 is 10.2 Å². The number of carboxylic acids is 1. The highest BCUT2D eigenvalue weighted by Gasteiger charge is 2.29. The van der Waals surface area contributed by atoms with Crippen LogP contribution in [0.1, 0.15) is 0 Å². The number of nitrogens with zero attached hydrogens (tertiary/aromatic N) is 3. The third kappa shape index (κ3) is 1.21. The Kier molecular flexibility index (Phi) is 1.90. The molecule has 6 nitrogen and oxygen atoms in total. The Bertz CT molecular complexity index is 395. The average Bonchev–Trinajstić information content (AvgIpc) is 2.18. The smallest absolute Gasteiger partial charge is 0.337 e. The maximum Gasteiger partial charge on any atom is 0.337 e. The molecule has 0 aromatic carbocycles. The molecule has 0 unspecified atom stereocenters. The van der Waals surface area contributed by atoms with E-state index in [0.717, 1.165) is 6.20 Å². The van der Waals surface area contributed by atoms with Gasteiger partial charge in [0.2, 0.25) is 0 Å². The van der Waals surface area contributed by atoms with Crippen molar-refractivity contribution in [1.82, 2.24) is 4.90 Å². The van der Waals surface area contributed by atoms with Gasteiger partial charge in [0.25, 0.3) is 0 Å². The molecule has 6 heteroatoms. The van der Waals surface area contributed by atoms with Crippen molar-refractivity contribution in [2.45, 2.75) is 6.23 Å². The SMILES string of the molecule is O=C(O)C1=CN=C2C=NC=CN2[C@@H]1O. The summed E-state index contributed by atoms with van der Waals surface area (Å²) in [5.74, 6) is -0.763. The van der Waals surface area contributed by atoms with Gasteiger partial charge in [0.1, 0.15) is 5.57 Å². The van der Waals surface area contributed by atoms with E-state index >= 15 is 0 Å². The van der Waals surface area contributed by atoms with Gasteiger partial charge in [-0.2, -0.15) is 0 Å². The van der Waals surface area contributed by atoms with Crippen LogP contribution in [0.5, 0.6) is 0 Å². The van der Waals surface area contributed by atoms with E-state index < -0.39 is 12.2 Å². The number of carboxylic acid groups (broad SMARTS) is 1. The van der Waals surface area contributed by atoms with E-state index in [0.29, 0.717) is 5.84 Å². The molecule has 2 N–H and O–H groups in total. The van der Waals surface area contributed by atoms with Crippen LogP contribution in [-0.4, -0.2) is 39.4 Å². The number of carbonyl (C=O) groups is 1. The van der Waals surface area contributed by atoms with E-state index in [1.807, 2.05) is 0 Å². The standard InChI is InChI=1S/C8H7N3O3/c12-7-5(8(13)14)3-10-6-4-9-1-2-11(6)7/h1-4,7,12H,(H,13,14)/t7-/m1/s1. The molecule has 14 heavy (non-hydrogen) atoms. The Labute approximate surface area is 79.2 Å². The summed E-state index contributed by atoms with van der Waals surface area (Å²) in [6.45, 7) is 0. The molecule has 0 saturated heterocycles. The van der Waals surface area contributed by atoms with Gasteiger partial charge in [-0.15, -0.1) is 0 Å². The number of amidine groups is 1. The lowest BCUT2D eigenvalue weighted by molar-refractivity contribution is -0.134. The van der Waals surface area contributed by atoms with Gasteiger partial charge in [-0.3, -0.25) is 9.89 Å². The molecule has 0 bridgehead atoms. The molecule has 72 valence electrons. The van der Waals surface area contributed by atoms with Crippen LogP contribution >= 0.6 is 0 Å². The first-order valence-electron chi connectivity index (χ1n) is 3.87. The normalized spacial score (nSPS) is 24.1. The Morgan fingerprint density at radius 1 is 1.57 bits per heavy atom. The Morgan fingerprint density at radius 2 is 2.36 bits per heavy atom. The van der Waals surface area contributed by atoms with Gasteiger partial charge in [0.15, 0.2) is 12.1 Å². The van der Waals surface area contributed by atoms with Crippen LogP contribution in [0.25, 0.3) is 0 Å². The molecular formula is C8H7N3O3. The van der Waals surface area contributed by atoms with E-state index in [9.17, 15) is 9.90 Å². The summed E-state index contributed by atoms with van der Waals surface area (Å²) in [5, 5.41) is 18.3. The van der Waals surface area contributed by atoms with E-state index in [2.05, 4.69) is 9.98 Å². The van der Waals surface area contributed by atoms with Crippen molar-refractivity contribution in [3.05, 3.63) is 24.2 Å². The Balaban J connectivity index is 2.39. The second kappa shape index (κ2) is 3.08. The van der Waals surface area contributed by atoms with Gasteiger partial charge in [0, 0.05) is 18.6 Å². The van der Waals surface area contributed by atoms with Gasteiger partial charge >= 0.3 is 5.97 Å². The van der Waals surface area contributed by atoms with Crippen LogP contribution in [0.3, 0.4) is 0 Å². The molecular weight excluding hydrogens is 186 g/mol. The highest BCUT2D eigenvalue weighted by atomic mass is 16.4. The molecule has 2 aliphatic rings. The van der Waals surface area contributed by atoms with Crippen molar-refractivity contribution in [1.29, 1.82) is 0 Å². The van der Waals surface area contributed by atoms with Gasteiger partial charge in [0.05, 0.1) is 6.21 Å². The van der Waals surface area contributed by atoms with Crippen LogP contribution in [0.2, 0.25) is 0 Å². The maximum atomic E-state index is 10.7. The predicted molar refractivity (Wildman–Crippen MR) is 48.6 cm³/mol. The monoisotopic (exact) mass is 193 g/mol. The fourth-order valence-corrected chi connectivity index (χ4v) is 1.19. The first-order chi connectivity index (χ1) is 6.70. The predicted octanol–water partition coefficient (Wildman–Crippen LogP) is -0.457. The van der Waals surface area contributed by atoms with E-state index in [1.54, 1.807) is 0 Å². The number of aliphatic imine (C=N–C) groups is 2. The third-order valence-electron chi connectivity index (χ3n) is 1.89. The summed E-state index contributed by atoms with van der Waals surface area (Å²) in [6, 6.07) is 0. The topological polar surface area (TPSA) is 85.5 Å². The highest BCUT2D eigenvalue weighted by Crippen LogP contribution is 2.16. The minimum absolute atomic E-state index is 0.159. The first kappa shape index (κ1) is 8.64. The minimum Gasteiger partial charge on any atom is -0.478 e. The molecule has 2 heterocycles. The molecule has 0 aliphatic carbocycles. The van der Waals surface area contributed by atoms with Crippen molar-refractivity contribution >= 4 is 18.0 Å². The number of fused-ring (bicyclic) bond motifs is 1. The Morgan fingerprint density at radius 3 is 3.07 bits per heavy atom. The van der Waals surface area contributed by atoms with Crippen molar-refractivity contribution in [3.8, 4) is 0 Å². The summed E-state index contributed by atoms with van der Waals surface area (Å²) in [4.78, 5) is 19.6. The van der Waals surface area contributed by atoms with Crippen LogP contribution in [-0.2, 0) is 4.79 Å². The van der Waals surface area contributed by atoms with Crippen molar-refractivity contribution in [2.24, 2.45) is 9.98 Å². The lowest BCUT2D eigenvalue weighted by Crippen LogP contribution is -2.42. The molecule has 2 rings (SSSR count). The number of aliphatic hydroxyl groups is 1. The molecule has 0 radical (unpaired) electrons. The number of aliphatic hydroxyl groups excluding tert-OH is 1. The molecule has 2 aliphatic heterocycles. The quantitative estimate of drug-likeness (QED) is 0.590. The second-order valence-corrected chi connectivity index (χ2v) is 2.73. The molecule has 0 saturated carbocycles. The lowest BCUT2D eigenvalue weighted by Gasteiger charge is -2.29. The fraction of sp³-hybridized carbons (Fsp3) is 0.125. The summed E-state index contributed by atoms with van der Waals surface area (Å²) < 4.78 is 0. The van der Waals surface area contributed by atoms with Crippen molar-refractivity contribution in [2.75, 3.05) is 0 Å². The van der Waals surface area contributed by atoms with Gasteiger partial charge in [-0.25, -0.2) is 9.79 Å². The third-order valence-corrected chi connectivity index (χ3v) is 1.89. The average molecular weight is 193 g/mol. The van der Waals surface area contributed by atoms with Gasteiger partial charge in [-0.05, 0) is 0 Å². The molecule has 0 aromatic heterocycles. The van der Waals surface area contributed by atoms with Crippen LogP contribution in [0.15, 0.2) is 34.2 Å². The summed E-state index contributed by atoms with van der Waals surface area (Å²) in [6.07, 6.45) is 4.29. The zero-order valence-corrected chi connectivity index (χ0v) is 7.03.